The summed E-state index contributed by atoms with van der Waals surface area (Å²) < 4.78 is 33.4. The number of carbonyl (C=O) groups is 2. The molecule has 27 heavy (non-hydrogen) atoms. The lowest BCUT2D eigenvalue weighted by Gasteiger charge is -2.23. The Bertz CT molecular complexity index is 511. The predicted octanol–water partition coefficient (Wildman–Crippen LogP) is 1.47. The van der Waals surface area contributed by atoms with Gasteiger partial charge in [-0.1, -0.05) is 0 Å². The second-order valence-electron chi connectivity index (χ2n) is 7.11. The lowest BCUT2D eigenvalue weighted by atomic mass is 10.2. The van der Waals surface area contributed by atoms with Gasteiger partial charge in [0, 0.05) is 12.8 Å². The van der Waals surface area contributed by atoms with Crippen LogP contribution in [0.5, 0.6) is 0 Å². The van der Waals surface area contributed by atoms with E-state index in [0.717, 1.165) is 0 Å². The van der Waals surface area contributed by atoms with Gasteiger partial charge in [-0.15, -0.1) is 0 Å². The Hall–Kier alpha value is -1.26. The van der Waals surface area contributed by atoms with Crippen molar-refractivity contribution in [2.75, 3.05) is 33.0 Å². The Morgan fingerprint density at radius 3 is 2.00 bits per heavy atom. The summed E-state index contributed by atoms with van der Waals surface area (Å²) in [6.45, 7) is 7.06. The fraction of sp³-hybridized carbons (Fsp3) is 0.889. The molecule has 2 rings (SSSR count). The van der Waals surface area contributed by atoms with Crippen molar-refractivity contribution in [2.45, 2.75) is 70.2 Å². The van der Waals surface area contributed by atoms with E-state index in [1.54, 1.807) is 20.8 Å². The number of carbonyl (C=O) groups excluding carboxylic acids is 1. The zero-order valence-corrected chi connectivity index (χ0v) is 16.2. The Morgan fingerprint density at radius 1 is 1.00 bits per heavy atom. The van der Waals surface area contributed by atoms with Gasteiger partial charge in [0.15, 0.2) is 11.6 Å². The molecule has 156 valence electrons. The van der Waals surface area contributed by atoms with Crippen molar-refractivity contribution in [2.24, 2.45) is 0 Å². The van der Waals surface area contributed by atoms with Crippen LogP contribution in [0.4, 0.5) is 0 Å². The van der Waals surface area contributed by atoms with Crippen LogP contribution in [0, 0.1) is 0 Å². The number of esters is 1. The number of carboxylic acid groups (broad SMARTS) is 1. The van der Waals surface area contributed by atoms with Crippen molar-refractivity contribution in [1.29, 1.82) is 0 Å². The normalized spacial score (nSPS) is 33.3. The van der Waals surface area contributed by atoms with Gasteiger partial charge in [0.2, 0.25) is 0 Å². The average molecular weight is 390 g/mol. The molecule has 2 heterocycles. The molecule has 0 aromatic rings. The van der Waals surface area contributed by atoms with Gasteiger partial charge in [-0.2, -0.15) is 0 Å². The molecule has 2 aliphatic rings. The topological polar surface area (TPSA) is 110 Å². The van der Waals surface area contributed by atoms with Crippen molar-refractivity contribution in [3.8, 4) is 0 Å². The van der Waals surface area contributed by atoms with Crippen molar-refractivity contribution >= 4 is 11.9 Å². The Morgan fingerprint density at radius 2 is 1.52 bits per heavy atom. The fourth-order valence-electron chi connectivity index (χ4n) is 3.03. The van der Waals surface area contributed by atoms with Crippen LogP contribution in [0.15, 0.2) is 0 Å². The van der Waals surface area contributed by atoms with Gasteiger partial charge >= 0.3 is 11.9 Å². The number of ether oxygens (including phenoxy) is 6. The van der Waals surface area contributed by atoms with E-state index in [0.29, 0.717) is 39.5 Å². The quantitative estimate of drug-likeness (QED) is 0.524. The molecule has 9 nitrogen and oxygen atoms in total. The molecule has 9 heteroatoms. The predicted molar refractivity (Wildman–Crippen MR) is 92.0 cm³/mol. The molecule has 2 aliphatic heterocycles. The highest BCUT2D eigenvalue weighted by atomic mass is 16.8. The van der Waals surface area contributed by atoms with Crippen LogP contribution in [0.2, 0.25) is 0 Å². The summed E-state index contributed by atoms with van der Waals surface area (Å²) in [5.41, 5.74) is 0. The number of hydrogen-bond donors (Lipinski definition) is 1. The molecular formula is C18H30O9. The van der Waals surface area contributed by atoms with E-state index in [4.69, 9.17) is 33.5 Å². The van der Waals surface area contributed by atoms with Gasteiger partial charge in [-0.25, -0.2) is 0 Å². The molecule has 0 radical (unpaired) electrons. The third-order valence-corrected chi connectivity index (χ3v) is 4.47. The van der Waals surface area contributed by atoms with E-state index < -0.39 is 17.5 Å². The largest absolute Gasteiger partial charge is 0.481 e. The number of carboxylic acids is 1. The molecule has 0 amide bonds. The molecule has 2 saturated heterocycles. The number of hydrogen-bond acceptors (Lipinski definition) is 8. The highest BCUT2D eigenvalue weighted by molar-refractivity contribution is 5.69. The third-order valence-electron chi connectivity index (χ3n) is 4.47. The summed E-state index contributed by atoms with van der Waals surface area (Å²) in [4.78, 5) is 22.1. The molecule has 0 aromatic heterocycles. The summed E-state index contributed by atoms with van der Waals surface area (Å²) in [5, 5.41) is 8.77. The third kappa shape index (κ3) is 7.34. The first-order chi connectivity index (χ1) is 12.7. The van der Waals surface area contributed by atoms with Crippen LogP contribution < -0.4 is 0 Å². The van der Waals surface area contributed by atoms with Gasteiger partial charge in [-0.3, -0.25) is 9.59 Å². The minimum Gasteiger partial charge on any atom is -0.481 e. The van der Waals surface area contributed by atoms with E-state index in [1.807, 2.05) is 0 Å². The van der Waals surface area contributed by atoms with E-state index in [9.17, 15) is 9.59 Å². The molecule has 0 aromatic carbocycles. The molecule has 2 fully saturated rings. The van der Waals surface area contributed by atoms with Gasteiger partial charge in [-0.05, 0) is 20.8 Å². The van der Waals surface area contributed by atoms with Gasteiger partial charge in [0.25, 0.3) is 0 Å². The van der Waals surface area contributed by atoms with Gasteiger partial charge in [0.05, 0.1) is 45.9 Å². The maximum absolute atomic E-state index is 11.5. The van der Waals surface area contributed by atoms with E-state index >= 15 is 0 Å². The first kappa shape index (κ1) is 22.0. The highest BCUT2D eigenvalue weighted by Crippen LogP contribution is 2.30. The Labute approximate surface area is 159 Å². The molecule has 0 bridgehead atoms. The standard InChI is InChI=1S/C18H30O9/c1-4-23-16(21)6-8-18(3)25-12-14(27-18)10-22-9-13-11-24-17(2,26-13)7-5-15(19)20/h13-14H,4-12H2,1-3H3,(H,19,20). The molecule has 0 aliphatic carbocycles. The second-order valence-corrected chi connectivity index (χ2v) is 7.11. The van der Waals surface area contributed by atoms with Gasteiger partial charge < -0.3 is 33.5 Å². The van der Waals surface area contributed by atoms with Crippen LogP contribution >= 0.6 is 0 Å². The molecule has 0 saturated carbocycles. The molecule has 4 atom stereocenters. The number of aliphatic carboxylic acids is 1. The number of rotatable bonds is 11. The molecule has 4 unspecified atom stereocenters. The van der Waals surface area contributed by atoms with Crippen LogP contribution in [0.25, 0.3) is 0 Å². The Balaban J connectivity index is 1.62. The highest BCUT2D eigenvalue weighted by Gasteiger charge is 2.39. The van der Waals surface area contributed by atoms with E-state index in [2.05, 4.69) is 0 Å². The summed E-state index contributed by atoms with van der Waals surface area (Å²) >= 11 is 0. The fourth-order valence-corrected chi connectivity index (χ4v) is 3.03. The molecule has 1 N–H and O–H groups in total. The van der Waals surface area contributed by atoms with Crippen LogP contribution in [-0.4, -0.2) is 73.9 Å². The lowest BCUT2D eigenvalue weighted by Crippen LogP contribution is -2.31. The smallest absolute Gasteiger partial charge is 0.305 e. The van der Waals surface area contributed by atoms with Crippen LogP contribution in [0.1, 0.15) is 46.5 Å². The summed E-state index contributed by atoms with van der Waals surface area (Å²) in [6.07, 6.45) is 0.460. The summed E-state index contributed by atoms with van der Waals surface area (Å²) in [7, 11) is 0. The maximum Gasteiger partial charge on any atom is 0.305 e. The maximum atomic E-state index is 11.5. The molecule has 0 spiro atoms. The zero-order chi connectivity index (χ0) is 19.9. The van der Waals surface area contributed by atoms with Crippen molar-refractivity contribution < 1.29 is 43.1 Å². The van der Waals surface area contributed by atoms with Crippen LogP contribution in [0.3, 0.4) is 0 Å². The summed E-state index contributed by atoms with van der Waals surface area (Å²) in [5.74, 6) is -2.85. The van der Waals surface area contributed by atoms with E-state index in [1.165, 1.54) is 0 Å². The average Bonchev–Trinajstić information content (AvgIpc) is 3.16. The van der Waals surface area contributed by atoms with Crippen molar-refractivity contribution in [3.63, 3.8) is 0 Å². The first-order valence-corrected chi connectivity index (χ1v) is 9.32. The van der Waals surface area contributed by atoms with Gasteiger partial charge in [0.1, 0.15) is 12.2 Å². The minimum absolute atomic E-state index is 0.0122. The minimum atomic E-state index is -0.884. The Kier molecular flexibility index (Phi) is 7.99. The molecular weight excluding hydrogens is 360 g/mol. The second kappa shape index (κ2) is 9.79. The SMILES string of the molecule is CCOC(=O)CCC1(C)OCC(COCC2COC(C)(CCC(=O)O)O2)O1. The van der Waals surface area contributed by atoms with E-state index in [-0.39, 0.29) is 37.4 Å². The van der Waals surface area contributed by atoms with Crippen molar-refractivity contribution in [1.82, 2.24) is 0 Å². The van der Waals surface area contributed by atoms with Crippen LogP contribution in [-0.2, 0) is 38.0 Å². The summed E-state index contributed by atoms with van der Waals surface area (Å²) in [6, 6.07) is 0. The zero-order valence-electron chi connectivity index (χ0n) is 16.2. The first-order valence-electron chi connectivity index (χ1n) is 9.32. The monoisotopic (exact) mass is 390 g/mol. The lowest BCUT2D eigenvalue weighted by molar-refractivity contribution is -0.177. The van der Waals surface area contributed by atoms with Crippen molar-refractivity contribution in [3.05, 3.63) is 0 Å².